The predicted molar refractivity (Wildman–Crippen MR) is 114 cm³/mol. The van der Waals surface area contributed by atoms with Gasteiger partial charge in [0, 0.05) is 44.4 Å². The van der Waals surface area contributed by atoms with Crippen molar-refractivity contribution in [2.75, 3.05) is 33.0 Å². The van der Waals surface area contributed by atoms with Crippen molar-refractivity contribution in [1.82, 2.24) is 10.2 Å². The number of hydrogen-bond donors (Lipinski definition) is 1. The molecule has 1 unspecified atom stereocenters. The van der Waals surface area contributed by atoms with Gasteiger partial charge in [-0.2, -0.15) is 0 Å². The van der Waals surface area contributed by atoms with Crippen molar-refractivity contribution in [3.8, 4) is 0 Å². The Bertz CT molecular complexity index is 735. The monoisotopic (exact) mass is 383 g/mol. The minimum Gasteiger partial charge on any atom is -0.380 e. The largest absolute Gasteiger partial charge is 0.380 e. The van der Waals surface area contributed by atoms with Crippen LogP contribution >= 0.6 is 11.8 Å². The number of methoxy groups -OCH3 is 1. The highest BCUT2D eigenvalue weighted by atomic mass is 32.2. The van der Waals surface area contributed by atoms with Gasteiger partial charge in [0.1, 0.15) is 0 Å². The lowest BCUT2D eigenvalue weighted by atomic mass is 10.1. The van der Waals surface area contributed by atoms with Crippen molar-refractivity contribution in [1.29, 1.82) is 0 Å². The van der Waals surface area contributed by atoms with Gasteiger partial charge < -0.3 is 15.0 Å². The fourth-order valence-electron chi connectivity index (χ4n) is 3.40. The van der Waals surface area contributed by atoms with Crippen molar-refractivity contribution in [3.05, 3.63) is 65.7 Å². The van der Waals surface area contributed by atoms with Gasteiger partial charge in [-0.05, 0) is 35.6 Å². The molecule has 2 aromatic carbocycles. The molecular formula is C22H29N3OS. The zero-order valence-corrected chi connectivity index (χ0v) is 17.0. The molecule has 0 spiro atoms. The van der Waals surface area contributed by atoms with Gasteiger partial charge in [-0.1, -0.05) is 42.5 Å². The van der Waals surface area contributed by atoms with E-state index in [-0.39, 0.29) is 0 Å². The first-order valence-corrected chi connectivity index (χ1v) is 10.5. The molecule has 0 amide bonds. The SMILES string of the molecule is CN=C(NCc1cccc(COC)c1)N1CCC(CSc2ccccc2)C1. The first kappa shape index (κ1) is 19.8. The van der Waals surface area contributed by atoms with Crippen molar-refractivity contribution in [3.63, 3.8) is 0 Å². The second-order valence-corrected chi connectivity index (χ2v) is 7.97. The molecule has 1 fully saturated rings. The van der Waals surface area contributed by atoms with E-state index in [0.717, 1.165) is 31.3 Å². The fraction of sp³-hybridized carbons (Fsp3) is 0.409. The molecule has 1 N–H and O–H groups in total. The lowest BCUT2D eigenvalue weighted by Gasteiger charge is -2.22. The number of nitrogens with one attached hydrogen (secondary N) is 1. The summed E-state index contributed by atoms with van der Waals surface area (Å²) in [6.45, 7) is 3.58. The van der Waals surface area contributed by atoms with Gasteiger partial charge in [0.2, 0.25) is 0 Å². The van der Waals surface area contributed by atoms with Crippen molar-refractivity contribution in [2.24, 2.45) is 10.9 Å². The molecule has 27 heavy (non-hydrogen) atoms. The van der Waals surface area contributed by atoms with Crippen LogP contribution in [0.4, 0.5) is 0 Å². The maximum Gasteiger partial charge on any atom is 0.193 e. The molecule has 3 rings (SSSR count). The number of nitrogens with zero attached hydrogens (tertiary/aromatic N) is 2. The molecule has 0 bridgehead atoms. The van der Waals surface area contributed by atoms with Crippen LogP contribution in [0.2, 0.25) is 0 Å². The Balaban J connectivity index is 1.47. The lowest BCUT2D eigenvalue weighted by molar-refractivity contribution is 0.185. The van der Waals surface area contributed by atoms with E-state index in [1.165, 1.54) is 22.4 Å². The van der Waals surface area contributed by atoms with Gasteiger partial charge in [0.25, 0.3) is 0 Å². The summed E-state index contributed by atoms with van der Waals surface area (Å²) in [7, 11) is 3.60. The zero-order chi connectivity index (χ0) is 18.9. The van der Waals surface area contributed by atoms with E-state index in [1.54, 1.807) is 7.11 Å². The van der Waals surface area contributed by atoms with Crippen LogP contribution in [0, 0.1) is 5.92 Å². The van der Waals surface area contributed by atoms with Crippen molar-refractivity contribution < 1.29 is 4.74 Å². The summed E-state index contributed by atoms with van der Waals surface area (Å²) in [6, 6.07) is 19.2. The second kappa shape index (κ2) is 10.4. The Kier molecular flexibility index (Phi) is 7.60. The van der Waals surface area contributed by atoms with Crippen LogP contribution in [-0.4, -0.2) is 43.9 Å². The van der Waals surface area contributed by atoms with Crippen LogP contribution in [0.15, 0.2) is 64.5 Å². The number of rotatable bonds is 7. The highest BCUT2D eigenvalue weighted by Gasteiger charge is 2.24. The third kappa shape index (κ3) is 6.01. The van der Waals surface area contributed by atoms with E-state index in [4.69, 9.17) is 4.74 Å². The minimum absolute atomic E-state index is 0.648. The number of aliphatic imine (C=N–C) groups is 1. The average molecular weight is 384 g/mol. The van der Waals surface area contributed by atoms with E-state index in [9.17, 15) is 0 Å². The number of benzene rings is 2. The standard InChI is InChI=1S/C22H29N3OS/c1-23-22(24-14-18-7-6-8-19(13-18)16-26-2)25-12-11-20(15-25)17-27-21-9-4-3-5-10-21/h3-10,13,20H,11-12,14-17H2,1-2H3,(H,23,24). The number of likely N-dealkylation sites (tertiary alicyclic amines) is 1. The van der Waals surface area contributed by atoms with Crippen LogP contribution in [0.25, 0.3) is 0 Å². The maximum absolute atomic E-state index is 5.22. The third-order valence-electron chi connectivity index (χ3n) is 4.78. The average Bonchev–Trinajstić information content (AvgIpc) is 3.17. The Morgan fingerprint density at radius 2 is 2.00 bits per heavy atom. The molecular weight excluding hydrogens is 354 g/mol. The summed E-state index contributed by atoms with van der Waals surface area (Å²) in [5, 5.41) is 3.52. The molecule has 0 radical (unpaired) electrons. The van der Waals surface area contributed by atoms with Crippen molar-refractivity contribution in [2.45, 2.75) is 24.5 Å². The smallest absolute Gasteiger partial charge is 0.193 e. The molecule has 1 heterocycles. The molecule has 0 aromatic heterocycles. The molecule has 1 aliphatic heterocycles. The van der Waals surface area contributed by atoms with Gasteiger partial charge in [-0.15, -0.1) is 11.8 Å². The minimum atomic E-state index is 0.648. The summed E-state index contributed by atoms with van der Waals surface area (Å²) in [6.07, 6.45) is 1.23. The Morgan fingerprint density at radius 1 is 1.19 bits per heavy atom. The van der Waals surface area contributed by atoms with E-state index < -0.39 is 0 Å². The summed E-state index contributed by atoms with van der Waals surface area (Å²) in [5.74, 6) is 2.87. The summed E-state index contributed by atoms with van der Waals surface area (Å²) in [4.78, 5) is 8.24. The molecule has 5 heteroatoms. The van der Waals surface area contributed by atoms with Crippen molar-refractivity contribution >= 4 is 17.7 Å². The number of hydrogen-bond acceptors (Lipinski definition) is 3. The van der Waals surface area contributed by atoms with Gasteiger partial charge >= 0.3 is 0 Å². The van der Waals surface area contributed by atoms with Crippen LogP contribution in [0.1, 0.15) is 17.5 Å². The van der Waals surface area contributed by atoms with Crippen LogP contribution in [0.3, 0.4) is 0 Å². The third-order valence-corrected chi connectivity index (χ3v) is 6.02. The van der Waals surface area contributed by atoms with E-state index in [1.807, 2.05) is 18.8 Å². The van der Waals surface area contributed by atoms with Gasteiger partial charge in [-0.25, -0.2) is 0 Å². The molecule has 1 aliphatic rings. The molecule has 2 aromatic rings. The fourth-order valence-corrected chi connectivity index (χ4v) is 4.45. The second-order valence-electron chi connectivity index (χ2n) is 6.88. The first-order chi connectivity index (χ1) is 13.3. The normalized spacial score (nSPS) is 17.3. The topological polar surface area (TPSA) is 36.9 Å². The van der Waals surface area contributed by atoms with Gasteiger partial charge in [0.15, 0.2) is 5.96 Å². The van der Waals surface area contributed by atoms with Crippen LogP contribution < -0.4 is 5.32 Å². The molecule has 4 nitrogen and oxygen atoms in total. The Labute approximate surface area is 167 Å². The highest BCUT2D eigenvalue weighted by Crippen LogP contribution is 2.25. The number of ether oxygens (including phenoxy) is 1. The number of thioether (sulfide) groups is 1. The molecule has 0 aliphatic carbocycles. The Hall–Kier alpha value is -1.98. The molecule has 1 saturated heterocycles. The molecule has 144 valence electrons. The summed E-state index contributed by atoms with van der Waals surface area (Å²) in [5.41, 5.74) is 2.45. The molecule has 1 atom stereocenters. The van der Waals surface area contributed by atoms with Gasteiger partial charge in [0.05, 0.1) is 6.61 Å². The molecule has 0 saturated carbocycles. The lowest BCUT2D eigenvalue weighted by Crippen LogP contribution is -2.39. The van der Waals surface area contributed by atoms with Crippen LogP contribution in [0.5, 0.6) is 0 Å². The predicted octanol–water partition coefficient (Wildman–Crippen LogP) is 4.02. The highest BCUT2D eigenvalue weighted by molar-refractivity contribution is 7.99. The maximum atomic E-state index is 5.22. The van der Waals surface area contributed by atoms with E-state index in [0.29, 0.717) is 12.5 Å². The van der Waals surface area contributed by atoms with E-state index >= 15 is 0 Å². The van der Waals surface area contributed by atoms with Crippen LogP contribution in [-0.2, 0) is 17.9 Å². The summed E-state index contributed by atoms with van der Waals surface area (Å²) < 4.78 is 5.22. The Morgan fingerprint density at radius 3 is 2.78 bits per heavy atom. The first-order valence-electron chi connectivity index (χ1n) is 9.48. The zero-order valence-electron chi connectivity index (χ0n) is 16.2. The summed E-state index contributed by atoms with van der Waals surface area (Å²) >= 11 is 1.96. The van der Waals surface area contributed by atoms with Gasteiger partial charge in [-0.3, -0.25) is 4.99 Å². The van der Waals surface area contributed by atoms with E-state index in [2.05, 4.69) is 69.8 Å². The number of guanidine groups is 1. The quantitative estimate of drug-likeness (QED) is 0.445.